The molecule has 0 heterocycles. The molecule has 1 heteroatoms. The van der Waals surface area contributed by atoms with E-state index in [1.807, 2.05) is 0 Å². The van der Waals surface area contributed by atoms with Crippen LogP contribution in [0.25, 0.3) is 11.1 Å². The van der Waals surface area contributed by atoms with E-state index in [4.69, 9.17) is 0 Å². The van der Waals surface area contributed by atoms with E-state index in [2.05, 4.69) is 80.6 Å². The normalized spacial score (nSPS) is 15.9. The summed E-state index contributed by atoms with van der Waals surface area (Å²) >= 11 is -1.98. The van der Waals surface area contributed by atoms with Crippen molar-refractivity contribution in [2.75, 3.05) is 0 Å². The molecule has 0 atom stereocenters. The second-order valence-electron chi connectivity index (χ2n) is 6.54. The molecule has 0 unspecified atom stereocenters. The Kier molecular flexibility index (Phi) is 3.78. The third-order valence-electron chi connectivity index (χ3n) is 4.91. The molecule has 0 aromatic heterocycles. The molecule has 109 valence electrons. The second kappa shape index (κ2) is 5.77. The topological polar surface area (TPSA) is 0 Å². The van der Waals surface area contributed by atoms with E-state index in [0.717, 1.165) is 3.67 Å². The van der Waals surface area contributed by atoms with Crippen LogP contribution in [0.4, 0.5) is 0 Å². The molecule has 0 amide bonds. The van der Waals surface area contributed by atoms with Crippen LogP contribution in [0.5, 0.6) is 0 Å². The quantitative estimate of drug-likeness (QED) is 0.498. The summed E-state index contributed by atoms with van der Waals surface area (Å²) in [5, 5.41) is 0. The van der Waals surface area contributed by atoms with Gasteiger partial charge in [-0.3, -0.25) is 0 Å². The molecule has 2 aromatic carbocycles. The van der Waals surface area contributed by atoms with Crippen LogP contribution in [0.15, 0.2) is 70.1 Å². The summed E-state index contributed by atoms with van der Waals surface area (Å²) in [6, 6.07) is 18.2. The minimum absolute atomic E-state index is 0.712. The van der Waals surface area contributed by atoms with Gasteiger partial charge in [-0.15, -0.1) is 0 Å². The number of benzene rings is 2. The molecular weight excluding hydrogens is 431 g/mol. The Morgan fingerprint density at radius 1 is 0.909 bits per heavy atom. The van der Waals surface area contributed by atoms with Crippen molar-refractivity contribution in [1.29, 1.82) is 0 Å². The zero-order valence-electron chi connectivity index (χ0n) is 13.2. The number of fused-ring (bicyclic) bond motifs is 3. The van der Waals surface area contributed by atoms with E-state index >= 15 is 0 Å². The Hall–Kier alpha value is -1.21. The van der Waals surface area contributed by atoms with Gasteiger partial charge in [0.1, 0.15) is 0 Å². The minimum atomic E-state index is -1.98. The van der Waals surface area contributed by atoms with Crippen LogP contribution in [0.2, 0.25) is 3.67 Å². The Morgan fingerprint density at radius 3 is 2.00 bits per heavy atom. The van der Waals surface area contributed by atoms with E-state index in [1.54, 1.807) is 14.5 Å². The summed E-state index contributed by atoms with van der Waals surface area (Å²) in [6.07, 6.45) is 8.26. The van der Waals surface area contributed by atoms with Gasteiger partial charge < -0.3 is 0 Å². The first kappa shape index (κ1) is 14.4. The summed E-state index contributed by atoms with van der Waals surface area (Å²) in [4.78, 5) is 0. The maximum atomic E-state index is 2.46. The number of hydrogen-bond donors (Lipinski definition) is 0. The van der Waals surface area contributed by atoms with Crippen LogP contribution in [-0.2, 0) is 21.4 Å². The molecule has 2 aliphatic rings. The van der Waals surface area contributed by atoms with E-state index in [-0.39, 0.29) is 0 Å². The average Bonchev–Trinajstić information content (AvgIpc) is 3.16. The number of hydrogen-bond acceptors (Lipinski definition) is 0. The van der Waals surface area contributed by atoms with Crippen LogP contribution >= 0.6 is 0 Å². The van der Waals surface area contributed by atoms with E-state index in [9.17, 15) is 0 Å². The molecule has 0 saturated carbocycles. The van der Waals surface area contributed by atoms with Gasteiger partial charge in [-0.1, -0.05) is 0 Å². The fraction of sp³-hybridized carbons (Fsp3) is 0.238. The molecule has 0 saturated heterocycles. The van der Waals surface area contributed by atoms with Crippen molar-refractivity contribution in [2.24, 2.45) is 0 Å². The van der Waals surface area contributed by atoms with Gasteiger partial charge in [-0.2, -0.15) is 0 Å². The van der Waals surface area contributed by atoms with Crippen molar-refractivity contribution < 1.29 is 21.4 Å². The molecule has 22 heavy (non-hydrogen) atoms. The molecule has 0 fully saturated rings. The standard InChI is InChI=1S/C13H9.C5H5.C3H7.Hf/c1-3-7-12-10(5-1)9-11-6-2-4-8-13(11)12;1-2-4-5-3-1;1-3-2;/h1-9H;1-3H,4H2;3H,1-2H3;. The molecule has 0 aliphatic heterocycles. The van der Waals surface area contributed by atoms with Crippen molar-refractivity contribution in [1.82, 2.24) is 0 Å². The van der Waals surface area contributed by atoms with E-state index < -0.39 is 21.4 Å². The first-order chi connectivity index (χ1) is 10.8. The maximum absolute atomic E-state index is 2.46. The second-order valence-corrected chi connectivity index (χ2v) is 18.3. The summed E-state index contributed by atoms with van der Waals surface area (Å²) in [7, 11) is 0. The summed E-state index contributed by atoms with van der Waals surface area (Å²) < 4.78 is 3.36. The summed E-state index contributed by atoms with van der Waals surface area (Å²) in [5.41, 5.74) is 6.18. The van der Waals surface area contributed by atoms with Gasteiger partial charge in [0.05, 0.1) is 0 Å². The molecule has 2 aliphatic carbocycles. The summed E-state index contributed by atoms with van der Waals surface area (Å²) in [5.74, 6) is 0. The van der Waals surface area contributed by atoms with E-state index in [0.29, 0.717) is 3.67 Å². The van der Waals surface area contributed by atoms with Crippen LogP contribution < -0.4 is 0 Å². The number of allylic oxidation sites excluding steroid dienone is 4. The monoisotopic (exact) mass is 453 g/mol. The summed E-state index contributed by atoms with van der Waals surface area (Å²) in [6.45, 7) is 4.93. The molecule has 0 nitrogen and oxygen atoms in total. The van der Waals surface area contributed by atoms with E-state index in [1.165, 1.54) is 17.5 Å². The fourth-order valence-corrected chi connectivity index (χ4v) is 17.0. The van der Waals surface area contributed by atoms with Crippen molar-refractivity contribution in [3.8, 4) is 11.1 Å². The van der Waals surface area contributed by atoms with Gasteiger partial charge >= 0.3 is 141 Å². The molecule has 0 radical (unpaired) electrons. The first-order valence-corrected chi connectivity index (χ1v) is 14.1. The zero-order chi connectivity index (χ0) is 15.1. The van der Waals surface area contributed by atoms with Crippen LogP contribution in [0.1, 0.15) is 35.1 Å². The van der Waals surface area contributed by atoms with Crippen molar-refractivity contribution in [3.63, 3.8) is 0 Å². The van der Waals surface area contributed by atoms with Gasteiger partial charge in [0, 0.05) is 0 Å². The third kappa shape index (κ3) is 2.22. The molecule has 0 spiro atoms. The van der Waals surface area contributed by atoms with Gasteiger partial charge in [-0.05, 0) is 0 Å². The predicted octanol–water partition coefficient (Wildman–Crippen LogP) is 6.05. The third-order valence-corrected chi connectivity index (χ3v) is 17.8. The fourth-order valence-electron chi connectivity index (χ4n) is 4.04. The van der Waals surface area contributed by atoms with Crippen LogP contribution in [-0.4, -0.2) is 0 Å². The van der Waals surface area contributed by atoms with Gasteiger partial charge in [0.25, 0.3) is 0 Å². The molecule has 2 aromatic rings. The van der Waals surface area contributed by atoms with Crippen molar-refractivity contribution in [2.45, 2.75) is 27.6 Å². The zero-order valence-corrected chi connectivity index (χ0v) is 16.8. The van der Waals surface area contributed by atoms with Crippen LogP contribution in [0.3, 0.4) is 0 Å². The molecule has 0 N–H and O–H groups in total. The van der Waals surface area contributed by atoms with Gasteiger partial charge in [0.15, 0.2) is 0 Å². The molecule has 0 bridgehead atoms. The first-order valence-electron chi connectivity index (χ1n) is 8.18. The molecule has 4 rings (SSSR count). The van der Waals surface area contributed by atoms with Gasteiger partial charge in [-0.25, -0.2) is 0 Å². The Morgan fingerprint density at radius 2 is 1.50 bits per heavy atom. The molecular formula is C21H21Hf. The Bertz CT molecular complexity index is 721. The SMILES string of the molecule is C[CH](C)[Hf]([C]1=CC=CC1)[CH]1c2ccccc2-c2ccccc21. The average molecular weight is 452 g/mol. The van der Waals surface area contributed by atoms with Crippen LogP contribution in [0, 0.1) is 0 Å². The predicted molar refractivity (Wildman–Crippen MR) is 90.7 cm³/mol. The van der Waals surface area contributed by atoms with Gasteiger partial charge in [0.2, 0.25) is 0 Å². The number of rotatable bonds is 3. The van der Waals surface area contributed by atoms with Crippen molar-refractivity contribution >= 4 is 0 Å². The van der Waals surface area contributed by atoms with Crippen molar-refractivity contribution in [3.05, 3.63) is 81.2 Å². The Balaban J connectivity index is 1.90. The Labute approximate surface area is 141 Å².